The number of hydrogen-bond donors (Lipinski definition) is 1. The van der Waals surface area contributed by atoms with Crippen LogP contribution in [0.25, 0.3) is 0 Å². The predicted molar refractivity (Wildman–Crippen MR) is 80.6 cm³/mol. The summed E-state index contributed by atoms with van der Waals surface area (Å²) in [5, 5.41) is 3.73. The molecule has 21 heavy (non-hydrogen) atoms. The number of amidine groups is 2. The van der Waals surface area contributed by atoms with Crippen molar-refractivity contribution < 1.29 is 4.79 Å². The number of fused-ring (bicyclic) bond motifs is 3. The van der Waals surface area contributed by atoms with E-state index in [1.165, 1.54) is 0 Å². The average molecular weight is 305 g/mol. The molecule has 0 spiro atoms. The molecule has 7 nitrogen and oxygen atoms in total. The van der Waals surface area contributed by atoms with Gasteiger partial charge < -0.3 is 15.1 Å². The molecule has 0 radical (unpaired) electrons. The third-order valence-corrected chi connectivity index (χ3v) is 4.09. The maximum absolute atomic E-state index is 11.7. The molecule has 1 N–H and O–H groups in total. The van der Waals surface area contributed by atoms with Gasteiger partial charge in [0.05, 0.1) is 10.7 Å². The first-order chi connectivity index (χ1) is 10.2. The van der Waals surface area contributed by atoms with Crippen LogP contribution in [0.15, 0.2) is 22.2 Å². The number of amides is 1. The van der Waals surface area contributed by atoms with Crippen molar-refractivity contribution in [3.8, 4) is 0 Å². The van der Waals surface area contributed by atoms with Gasteiger partial charge in [0.1, 0.15) is 6.54 Å². The van der Waals surface area contributed by atoms with Gasteiger partial charge >= 0.3 is 0 Å². The van der Waals surface area contributed by atoms with Gasteiger partial charge in [-0.3, -0.25) is 4.79 Å². The zero-order valence-electron chi connectivity index (χ0n) is 11.4. The number of carbonyl (C=O) groups excluding carboxylic acids is 1. The maximum Gasteiger partial charge on any atom is 0.267 e. The molecule has 0 aromatic carbocycles. The van der Waals surface area contributed by atoms with Crippen molar-refractivity contribution in [2.45, 2.75) is 6.04 Å². The Labute approximate surface area is 126 Å². The van der Waals surface area contributed by atoms with E-state index in [9.17, 15) is 4.79 Å². The molecule has 1 saturated heterocycles. The lowest BCUT2D eigenvalue weighted by Crippen LogP contribution is -2.62. The van der Waals surface area contributed by atoms with E-state index in [1.54, 1.807) is 12.3 Å². The number of aromatic nitrogens is 1. The van der Waals surface area contributed by atoms with Crippen LogP contribution in [0.5, 0.6) is 0 Å². The first-order valence-electron chi connectivity index (χ1n) is 6.71. The van der Waals surface area contributed by atoms with Gasteiger partial charge in [-0.2, -0.15) is 4.99 Å². The Morgan fingerprint density at radius 3 is 2.90 bits per heavy atom. The number of halogens is 1. The van der Waals surface area contributed by atoms with Gasteiger partial charge in [-0.1, -0.05) is 11.6 Å². The van der Waals surface area contributed by atoms with Crippen molar-refractivity contribution in [2.24, 2.45) is 9.98 Å². The zero-order valence-corrected chi connectivity index (χ0v) is 12.1. The number of nitrogens with one attached hydrogen (secondary N) is 1. The Hall–Kier alpha value is -1.99. The average Bonchev–Trinajstić information content (AvgIpc) is 2.80. The van der Waals surface area contributed by atoms with Crippen LogP contribution in [0.2, 0.25) is 5.02 Å². The number of anilines is 1. The topological polar surface area (TPSA) is 73.2 Å². The summed E-state index contributed by atoms with van der Waals surface area (Å²) in [6, 6.07) is 2.21. The Balaban J connectivity index is 1.77. The summed E-state index contributed by atoms with van der Waals surface area (Å²) in [6.45, 7) is 1.91. The maximum atomic E-state index is 11.7. The molecule has 8 heteroatoms. The summed E-state index contributed by atoms with van der Waals surface area (Å²) >= 11 is 6.00. The van der Waals surface area contributed by atoms with Gasteiger partial charge in [-0.15, -0.1) is 0 Å². The van der Waals surface area contributed by atoms with Crippen LogP contribution in [-0.2, 0) is 4.79 Å². The van der Waals surface area contributed by atoms with Crippen LogP contribution >= 0.6 is 11.6 Å². The monoisotopic (exact) mass is 304 g/mol. The summed E-state index contributed by atoms with van der Waals surface area (Å²) in [4.78, 5) is 28.6. The van der Waals surface area contributed by atoms with Gasteiger partial charge in [0, 0.05) is 25.3 Å². The minimum absolute atomic E-state index is 0.170. The Kier molecular flexibility index (Phi) is 2.73. The van der Waals surface area contributed by atoms with Crippen LogP contribution < -0.4 is 10.2 Å². The molecule has 108 valence electrons. The van der Waals surface area contributed by atoms with Crippen molar-refractivity contribution in [3.63, 3.8) is 0 Å². The predicted octanol–water partition coefficient (Wildman–Crippen LogP) is 0.427. The first kappa shape index (κ1) is 12.7. The quantitative estimate of drug-likeness (QED) is 0.814. The fraction of sp³-hybridized carbons (Fsp3) is 0.385. The lowest BCUT2D eigenvalue weighted by Gasteiger charge is -2.42. The lowest BCUT2D eigenvalue weighted by molar-refractivity contribution is -0.115. The molecule has 1 fully saturated rings. The van der Waals surface area contributed by atoms with Crippen molar-refractivity contribution in [1.29, 1.82) is 0 Å². The van der Waals surface area contributed by atoms with E-state index in [-0.39, 0.29) is 12.5 Å². The number of pyridine rings is 1. The second kappa shape index (κ2) is 4.51. The molecule has 4 heterocycles. The summed E-state index contributed by atoms with van der Waals surface area (Å²) < 4.78 is 0. The summed E-state index contributed by atoms with van der Waals surface area (Å²) in [6.07, 6.45) is 1.56. The summed E-state index contributed by atoms with van der Waals surface area (Å²) in [5.41, 5.74) is 0.738. The first-order valence-corrected chi connectivity index (χ1v) is 7.09. The summed E-state index contributed by atoms with van der Waals surface area (Å²) in [5.74, 6) is 1.73. The highest BCUT2D eigenvalue weighted by Crippen LogP contribution is 2.35. The highest BCUT2D eigenvalue weighted by molar-refractivity contribution is 6.50. The molecule has 0 atom stereocenters. The molecule has 3 aliphatic heterocycles. The highest BCUT2D eigenvalue weighted by atomic mass is 35.5. The van der Waals surface area contributed by atoms with E-state index in [2.05, 4.69) is 25.2 Å². The normalized spacial score (nSPS) is 20.8. The number of carbonyl (C=O) groups is 1. The van der Waals surface area contributed by atoms with E-state index in [0.717, 1.165) is 24.6 Å². The van der Waals surface area contributed by atoms with Crippen molar-refractivity contribution >= 4 is 40.7 Å². The number of aliphatic imine (C=N–C) groups is 2. The molecule has 4 rings (SSSR count). The SMILES string of the molecule is CNC1CN(C2=Nc3ncc(Cl)cc3N3CC(=O)N=C23)C1. The number of nitrogens with zero attached hydrogens (tertiary/aromatic N) is 5. The van der Waals surface area contributed by atoms with Crippen LogP contribution in [0.4, 0.5) is 11.5 Å². The molecule has 0 unspecified atom stereocenters. The number of likely N-dealkylation sites (tertiary alicyclic amines) is 1. The Morgan fingerprint density at radius 2 is 2.14 bits per heavy atom. The molecule has 0 bridgehead atoms. The Bertz CT molecular complexity index is 694. The molecular formula is C13H13ClN6O. The highest BCUT2D eigenvalue weighted by Gasteiger charge is 2.39. The minimum atomic E-state index is -0.170. The smallest absolute Gasteiger partial charge is 0.267 e. The second-order valence-electron chi connectivity index (χ2n) is 5.24. The van der Waals surface area contributed by atoms with Gasteiger partial charge in [0.2, 0.25) is 0 Å². The number of rotatable bonds is 1. The third-order valence-electron chi connectivity index (χ3n) is 3.89. The Morgan fingerprint density at radius 1 is 1.33 bits per heavy atom. The number of hydrogen-bond acceptors (Lipinski definition) is 6. The van der Waals surface area contributed by atoms with Crippen molar-refractivity contribution in [1.82, 2.24) is 15.2 Å². The largest absolute Gasteiger partial charge is 0.350 e. The minimum Gasteiger partial charge on any atom is -0.350 e. The van der Waals surface area contributed by atoms with Crippen LogP contribution in [0.1, 0.15) is 0 Å². The number of likely N-dealkylation sites (N-methyl/N-ethyl adjacent to an activating group) is 1. The molecule has 1 aromatic heterocycles. The van der Waals surface area contributed by atoms with E-state index in [1.807, 2.05) is 11.9 Å². The van der Waals surface area contributed by atoms with Crippen LogP contribution in [0.3, 0.4) is 0 Å². The molecule has 3 aliphatic rings. The van der Waals surface area contributed by atoms with Gasteiger partial charge in [0.25, 0.3) is 5.91 Å². The second-order valence-corrected chi connectivity index (χ2v) is 5.67. The molecule has 1 aromatic rings. The van der Waals surface area contributed by atoms with E-state index in [0.29, 0.717) is 22.7 Å². The third kappa shape index (κ3) is 1.92. The van der Waals surface area contributed by atoms with Crippen molar-refractivity contribution in [3.05, 3.63) is 17.3 Å². The lowest BCUT2D eigenvalue weighted by atomic mass is 10.1. The van der Waals surface area contributed by atoms with Gasteiger partial charge in [-0.25, -0.2) is 9.98 Å². The van der Waals surface area contributed by atoms with Crippen molar-refractivity contribution in [2.75, 3.05) is 31.6 Å². The molecule has 1 amide bonds. The van der Waals surface area contributed by atoms with E-state index in [4.69, 9.17) is 11.6 Å². The zero-order chi connectivity index (χ0) is 14.6. The van der Waals surface area contributed by atoms with Crippen LogP contribution in [0, 0.1) is 0 Å². The van der Waals surface area contributed by atoms with E-state index >= 15 is 0 Å². The molecule has 0 aliphatic carbocycles. The standard InChI is InChI=1S/C13H13ClN6O/c1-15-8-4-19(5-8)12-13-17-10(21)6-20(13)9-2-7(14)3-16-11(9)18-12/h2-3,8,15H,4-6H2,1H3. The van der Waals surface area contributed by atoms with Crippen LogP contribution in [-0.4, -0.2) is 60.2 Å². The molecule has 0 saturated carbocycles. The molecular weight excluding hydrogens is 292 g/mol. The van der Waals surface area contributed by atoms with E-state index < -0.39 is 0 Å². The van der Waals surface area contributed by atoms with Gasteiger partial charge in [-0.05, 0) is 13.1 Å². The fourth-order valence-corrected chi connectivity index (χ4v) is 2.85. The fourth-order valence-electron chi connectivity index (χ4n) is 2.70. The summed E-state index contributed by atoms with van der Waals surface area (Å²) in [7, 11) is 1.94. The van der Waals surface area contributed by atoms with Gasteiger partial charge in [0.15, 0.2) is 17.5 Å².